The molecular weight excluding hydrogens is 408 g/mol. The van der Waals surface area contributed by atoms with E-state index in [0.29, 0.717) is 22.5 Å². The number of thiophene rings is 1. The van der Waals surface area contributed by atoms with Crippen LogP contribution in [0.25, 0.3) is 10.1 Å². The van der Waals surface area contributed by atoms with Crippen LogP contribution < -0.4 is 5.73 Å². The molecule has 3 aliphatic rings. The van der Waals surface area contributed by atoms with Gasteiger partial charge in [-0.1, -0.05) is 31.0 Å². The van der Waals surface area contributed by atoms with Crippen molar-refractivity contribution in [3.8, 4) is 0 Å². The van der Waals surface area contributed by atoms with E-state index in [1.165, 1.54) is 24.2 Å². The smallest absolute Gasteiger partial charge is 0.257 e. The van der Waals surface area contributed by atoms with E-state index in [1.807, 2.05) is 29.2 Å². The van der Waals surface area contributed by atoms with Crippen LogP contribution in [0.4, 0.5) is 5.00 Å². The number of nitrogens with zero attached hydrogens (tertiary/aromatic N) is 3. The molecule has 6 nitrogen and oxygen atoms in total. The summed E-state index contributed by atoms with van der Waals surface area (Å²) in [7, 11) is 0. The predicted octanol–water partition coefficient (Wildman–Crippen LogP) is 3.42. The van der Waals surface area contributed by atoms with Gasteiger partial charge in [-0.3, -0.25) is 14.5 Å². The number of carbonyl (C=O) groups is 2. The first kappa shape index (κ1) is 20.8. The van der Waals surface area contributed by atoms with E-state index in [0.717, 1.165) is 75.0 Å². The van der Waals surface area contributed by atoms with Crippen LogP contribution in [-0.2, 0) is 4.79 Å². The molecule has 1 aromatic carbocycles. The fourth-order valence-electron chi connectivity index (χ4n) is 5.62. The summed E-state index contributed by atoms with van der Waals surface area (Å²) in [6.45, 7) is 5.05. The maximum atomic E-state index is 13.2. The number of nitrogen functional groups attached to an aromatic ring is 1. The van der Waals surface area contributed by atoms with Gasteiger partial charge in [0.15, 0.2) is 0 Å². The fraction of sp³-hybridized carbons (Fsp3) is 0.583. The first-order chi connectivity index (χ1) is 15.1. The lowest BCUT2D eigenvalue weighted by molar-refractivity contribution is -0.137. The van der Waals surface area contributed by atoms with E-state index in [2.05, 4.69) is 9.80 Å². The number of piperidine rings is 1. The van der Waals surface area contributed by atoms with Crippen molar-refractivity contribution in [3.05, 3.63) is 29.8 Å². The quantitative estimate of drug-likeness (QED) is 0.794. The summed E-state index contributed by atoms with van der Waals surface area (Å²) in [5, 5.41) is 1.59. The zero-order valence-corrected chi connectivity index (χ0v) is 18.9. The van der Waals surface area contributed by atoms with E-state index in [1.54, 1.807) is 0 Å². The number of carbonyl (C=O) groups excluding carboxylic acids is 2. The van der Waals surface area contributed by atoms with E-state index >= 15 is 0 Å². The predicted molar refractivity (Wildman–Crippen MR) is 125 cm³/mol. The molecule has 31 heavy (non-hydrogen) atoms. The molecule has 3 heterocycles. The molecule has 1 saturated carbocycles. The summed E-state index contributed by atoms with van der Waals surface area (Å²) < 4.78 is 1.07. The third-order valence-electron chi connectivity index (χ3n) is 7.44. The van der Waals surface area contributed by atoms with Crippen molar-refractivity contribution in [2.75, 3.05) is 45.0 Å². The molecule has 2 N–H and O–H groups in total. The highest BCUT2D eigenvalue weighted by Gasteiger charge is 2.33. The van der Waals surface area contributed by atoms with Gasteiger partial charge in [-0.2, -0.15) is 0 Å². The van der Waals surface area contributed by atoms with Crippen molar-refractivity contribution >= 4 is 38.2 Å². The number of amides is 2. The van der Waals surface area contributed by atoms with Gasteiger partial charge in [0, 0.05) is 61.3 Å². The van der Waals surface area contributed by atoms with Crippen LogP contribution in [0.15, 0.2) is 24.3 Å². The van der Waals surface area contributed by atoms with E-state index in [9.17, 15) is 9.59 Å². The van der Waals surface area contributed by atoms with Crippen LogP contribution in [0.2, 0.25) is 0 Å². The number of nitrogens with two attached hydrogens (primary N) is 1. The lowest BCUT2D eigenvalue weighted by atomic mass is 9.99. The van der Waals surface area contributed by atoms with E-state index < -0.39 is 0 Å². The monoisotopic (exact) mass is 440 g/mol. The molecule has 0 bridgehead atoms. The largest absolute Gasteiger partial charge is 0.390 e. The zero-order valence-electron chi connectivity index (χ0n) is 18.1. The van der Waals surface area contributed by atoms with Crippen LogP contribution in [-0.4, -0.2) is 71.8 Å². The van der Waals surface area contributed by atoms with Gasteiger partial charge in [0.05, 0.1) is 10.6 Å². The summed E-state index contributed by atoms with van der Waals surface area (Å²) >= 11 is 1.49. The van der Waals surface area contributed by atoms with Crippen molar-refractivity contribution in [3.63, 3.8) is 0 Å². The standard InChI is InChI=1S/C24H32N4O2S/c25-22-21(19-7-3-4-8-20(19)31-22)24(30)28-15-13-26(14-16-28)18-9-11-27(12-10-18)23(29)17-5-1-2-6-17/h3-4,7-8,17-18H,1-2,5-6,9-16,25H2. The molecule has 0 radical (unpaired) electrons. The molecule has 0 unspecified atom stereocenters. The molecule has 2 aliphatic heterocycles. The SMILES string of the molecule is Nc1sc2ccccc2c1C(=O)N1CCN(C2CCN(C(=O)C3CCCC3)CC2)CC1. The Morgan fingerprint density at radius 2 is 1.55 bits per heavy atom. The number of rotatable bonds is 3. The van der Waals surface area contributed by atoms with Crippen LogP contribution >= 0.6 is 11.3 Å². The minimum Gasteiger partial charge on any atom is -0.390 e. The Hall–Kier alpha value is -2.12. The molecular formula is C24H32N4O2S. The minimum atomic E-state index is 0.0616. The molecule has 5 rings (SSSR count). The summed E-state index contributed by atoms with van der Waals surface area (Å²) in [5.41, 5.74) is 6.89. The second kappa shape index (κ2) is 8.79. The van der Waals surface area contributed by atoms with Crippen molar-refractivity contribution in [1.29, 1.82) is 0 Å². The molecule has 0 spiro atoms. The normalized spacial score (nSPS) is 21.8. The van der Waals surface area contributed by atoms with Gasteiger partial charge in [0.25, 0.3) is 5.91 Å². The van der Waals surface area contributed by atoms with Gasteiger partial charge in [-0.05, 0) is 31.7 Å². The zero-order chi connectivity index (χ0) is 21.4. The van der Waals surface area contributed by atoms with Crippen LogP contribution in [0.5, 0.6) is 0 Å². The number of piperazine rings is 1. The molecule has 2 aromatic rings. The average molecular weight is 441 g/mol. The lowest BCUT2D eigenvalue weighted by Gasteiger charge is -2.43. The minimum absolute atomic E-state index is 0.0616. The number of benzene rings is 1. The fourth-order valence-corrected chi connectivity index (χ4v) is 6.58. The Balaban J connectivity index is 1.15. The first-order valence-electron chi connectivity index (χ1n) is 11.7. The number of hydrogen-bond donors (Lipinski definition) is 1. The van der Waals surface area contributed by atoms with Gasteiger partial charge >= 0.3 is 0 Å². The van der Waals surface area contributed by atoms with Crippen molar-refractivity contribution < 1.29 is 9.59 Å². The van der Waals surface area contributed by atoms with Crippen molar-refractivity contribution in [2.45, 2.75) is 44.6 Å². The number of fused-ring (bicyclic) bond motifs is 1. The Morgan fingerprint density at radius 3 is 2.26 bits per heavy atom. The third-order valence-corrected chi connectivity index (χ3v) is 8.43. The average Bonchev–Trinajstić information content (AvgIpc) is 3.46. The summed E-state index contributed by atoms with van der Waals surface area (Å²) in [4.78, 5) is 32.5. The number of hydrogen-bond acceptors (Lipinski definition) is 5. The first-order valence-corrected chi connectivity index (χ1v) is 12.5. The van der Waals surface area contributed by atoms with E-state index in [-0.39, 0.29) is 11.8 Å². The summed E-state index contributed by atoms with van der Waals surface area (Å²) in [5.74, 6) is 0.741. The Morgan fingerprint density at radius 1 is 0.871 bits per heavy atom. The van der Waals surface area contributed by atoms with E-state index in [4.69, 9.17) is 5.73 Å². The van der Waals surface area contributed by atoms with Gasteiger partial charge in [0.2, 0.25) is 5.91 Å². The molecule has 2 saturated heterocycles. The Kier molecular flexibility index (Phi) is 5.89. The second-order valence-corrected chi connectivity index (χ2v) is 10.3. The van der Waals surface area contributed by atoms with Gasteiger partial charge in [-0.25, -0.2) is 0 Å². The molecule has 7 heteroatoms. The molecule has 1 aromatic heterocycles. The Bertz CT molecular complexity index is 952. The molecule has 2 amide bonds. The topological polar surface area (TPSA) is 69.9 Å². The second-order valence-electron chi connectivity index (χ2n) is 9.20. The number of anilines is 1. The number of likely N-dealkylation sites (tertiary alicyclic amines) is 1. The molecule has 3 fully saturated rings. The van der Waals surface area contributed by atoms with Gasteiger partial charge in [-0.15, -0.1) is 11.3 Å². The third kappa shape index (κ3) is 4.05. The maximum Gasteiger partial charge on any atom is 0.257 e. The lowest BCUT2D eigenvalue weighted by Crippen LogP contribution is -2.55. The van der Waals surface area contributed by atoms with Crippen LogP contribution in [0.1, 0.15) is 48.9 Å². The highest BCUT2D eigenvalue weighted by Crippen LogP contribution is 2.34. The molecule has 1 aliphatic carbocycles. The Labute approximate surface area is 188 Å². The van der Waals surface area contributed by atoms with Crippen molar-refractivity contribution in [1.82, 2.24) is 14.7 Å². The molecule has 0 atom stereocenters. The summed E-state index contributed by atoms with van der Waals surface area (Å²) in [6, 6.07) is 8.49. The summed E-state index contributed by atoms with van der Waals surface area (Å²) in [6.07, 6.45) is 6.69. The molecule has 166 valence electrons. The van der Waals surface area contributed by atoms with Crippen LogP contribution in [0, 0.1) is 5.92 Å². The van der Waals surface area contributed by atoms with Gasteiger partial charge < -0.3 is 15.5 Å². The highest BCUT2D eigenvalue weighted by atomic mass is 32.1. The van der Waals surface area contributed by atoms with Gasteiger partial charge in [0.1, 0.15) is 0 Å². The maximum absolute atomic E-state index is 13.2. The van der Waals surface area contributed by atoms with Crippen LogP contribution in [0.3, 0.4) is 0 Å². The van der Waals surface area contributed by atoms with Crippen molar-refractivity contribution in [2.24, 2.45) is 5.92 Å². The highest BCUT2D eigenvalue weighted by molar-refractivity contribution is 7.23.